The summed E-state index contributed by atoms with van der Waals surface area (Å²) in [6, 6.07) is 12.8. The summed E-state index contributed by atoms with van der Waals surface area (Å²) in [5, 5.41) is 7.55. The Labute approximate surface area is 138 Å². The molecule has 0 saturated carbocycles. The molecule has 0 bridgehead atoms. The smallest absolute Gasteiger partial charge is 0.274 e. The van der Waals surface area contributed by atoms with Gasteiger partial charge < -0.3 is 9.32 Å². The predicted octanol–water partition coefficient (Wildman–Crippen LogP) is 3.90. The predicted molar refractivity (Wildman–Crippen MR) is 88.3 cm³/mol. The van der Waals surface area contributed by atoms with E-state index in [0.29, 0.717) is 28.7 Å². The molecular weight excluding hydrogens is 314 g/mol. The quantitative estimate of drug-likeness (QED) is 0.789. The highest BCUT2D eigenvalue weighted by molar-refractivity contribution is 6.31. The van der Waals surface area contributed by atoms with E-state index in [-0.39, 0.29) is 5.91 Å². The zero-order valence-electron chi connectivity index (χ0n) is 12.8. The van der Waals surface area contributed by atoms with Crippen LogP contribution in [-0.4, -0.2) is 28.1 Å². The zero-order chi connectivity index (χ0) is 16.4. The van der Waals surface area contributed by atoms with E-state index >= 15 is 0 Å². The van der Waals surface area contributed by atoms with Crippen molar-refractivity contribution in [2.45, 2.75) is 13.5 Å². The molecule has 0 atom stereocenters. The highest BCUT2D eigenvalue weighted by atomic mass is 35.5. The van der Waals surface area contributed by atoms with Gasteiger partial charge in [0.2, 0.25) is 0 Å². The van der Waals surface area contributed by atoms with Crippen LogP contribution >= 0.6 is 11.6 Å². The first-order chi connectivity index (χ1) is 11.0. The van der Waals surface area contributed by atoms with Crippen molar-refractivity contribution in [1.82, 2.24) is 15.1 Å². The lowest BCUT2D eigenvalue weighted by Crippen LogP contribution is -2.26. The molecule has 0 unspecified atom stereocenters. The third-order valence-electron chi connectivity index (χ3n) is 3.51. The fraction of sp³-hybridized carbons (Fsp3) is 0.176. The van der Waals surface area contributed by atoms with Crippen molar-refractivity contribution in [3.8, 4) is 11.5 Å². The Morgan fingerprint density at radius 2 is 2.09 bits per heavy atom. The number of aromatic amines is 1. The molecule has 5 nitrogen and oxygen atoms in total. The minimum absolute atomic E-state index is 0.185. The first-order valence-corrected chi connectivity index (χ1v) is 7.53. The van der Waals surface area contributed by atoms with Crippen LogP contribution in [0.4, 0.5) is 0 Å². The largest absolute Gasteiger partial charge is 0.460 e. The van der Waals surface area contributed by atoms with Crippen molar-refractivity contribution in [3.05, 3.63) is 64.5 Å². The Hall–Kier alpha value is -2.53. The van der Waals surface area contributed by atoms with Crippen molar-refractivity contribution in [2.24, 2.45) is 0 Å². The van der Waals surface area contributed by atoms with Gasteiger partial charge in [-0.1, -0.05) is 29.8 Å². The summed E-state index contributed by atoms with van der Waals surface area (Å²) >= 11 is 6.13. The van der Waals surface area contributed by atoms with Crippen molar-refractivity contribution < 1.29 is 9.21 Å². The molecule has 6 heteroatoms. The van der Waals surface area contributed by atoms with Gasteiger partial charge in [0.05, 0.1) is 0 Å². The Balaban J connectivity index is 1.75. The van der Waals surface area contributed by atoms with Crippen molar-refractivity contribution in [1.29, 1.82) is 0 Å². The average Bonchev–Trinajstić information content (AvgIpc) is 3.17. The van der Waals surface area contributed by atoms with Crippen LogP contribution in [0.25, 0.3) is 11.5 Å². The third-order valence-corrected chi connectivity index (χ3v) is 3.88. The summed E-state index contributed by atoms with van der Waals surface area (Å²) in [5.41, 5.74) is 1.90. The second kappa shape index (κ2) is 6.30. The van der Waals surface area contributed by atoms with Gasteiger partial charge in [-0.25, -0.2) is 0 Å². The highest BCUT2D eigenvalue weighted by Gasteiger charge is 2.17. The summed E-state index contributed by atoms with van der Waals surface area (Å²) in [4.78, 5) is 14.1. The highest BCUT2D eigenvalue weighted by Crippen LogP contribution is 2.21. The number of hydrogen-bond acceptors (Lipinski definition) is 3. The molecule has 23 heavy (non-hydrogen) atoms. The lowest BCUT2D eigenvalue weighted by molar-refractivity contribution is 0.0779. The molecule has 0 saturated heterocycles. The maximum Gasteiger partial charge on any atom is 0.274 e. The minimum Gasteiger partial charge on any atom is -0.460 e. The number of amides is 1. The number of benzene rings is 1. The van der Waals surface area contributed by atoms with Crippen LogP contribution in [0.2, 0.25) is 5.02 Å². The molecule has 1 amide bonds. The maximum atomic E-state index is 12.5. The summed E-state index contributed by atoms with van der Waals surface area (Å²) in [6.45, 7) is 2.28. The topological polar surface area (TPSA) is 62.1 Å². The Morgan fingerprint density at radius 3 is 2.78 bits per heavy atom. The molecule has 0 radical (unpaired) electrons. The van der Waals surface area contributed by atoms with E-state index in [1.165, 1.54) is 0 Å². The summed E-state index contributed by atoms with van der Waals surface area (Å²) in [6.07, 6.45) is 0. The zero-order valence-corrected chi connectivity index (χ0v) is 13.6. The monoisotopic (exact) mass is 329 g/mol. The number of aryl methyl sites for hydroxylation is 1. The molecule has 118 valence electrons. The molecule has 0 fully saturated rings. The van der Waals surface area contributed by atoms with E-state index in [9.17, 15) is 4.79 Å². The third kappa shape index (κ3) is 3.29. The Kier molecular flexibility index (Phi) is 4.21. The molecule has 0 aliphatic carbocycles. The number of hydrogen-bond donors (Lipinski definition) is 1. The fourth-order valence-electron chi connectivity index (χ4n) is 2.29. The summed E-state index contributed by atoms with van der Waals surface area (Å²) in [5.74, 6) is 1.27. The van der Waals surface area contributed by atoms with E-state index in [2.05, 4.69) is 10.2 Å². The molecule has 0 aliphatic rings. The van der Waals surface area contributed by atoms with Gasteiger partial charge in [0.1, 0.15) is 11.5 Å². The number of rotatable bonds is 4. The first-order valence-electron chi connectivity index (χ1n) is 7.15. The molecule has 1 N–H and O–H groups in total. The van der Waals surface area contributed by atoms with Crippen LogP contribution < -0.4 is 0 Å². The Bertz CT molecular complexity index is 838. The lowest BCUT2D eigenvalue weighted by Gasteiger charge is -2.16. The van der Waals surface area contributed by atoms with Gasteiger partial charge in [-0.2, -0.15) is 5.10 Å². The van der Waals surface area contributed by atoms with Gasteiger partial charge in [-0.05, 0) is 30.7 Å². The van der Waals surface area contributed by atoms with Crippen LogP contribution in [0, 0.1) is 6.92 Å². The first kappa shape index (κ1) is 15.4. The molecule has 0 spiro atoms. The van der Waals surface area contributed by atoms with Gasteiger partial charge in [-0.15, -0.1) is 0 Å². The second-order valence-corrected chi connectivity index (χ2v) is 5.74. The molecule has 1 aromatic carbocycles. The van der Waals surface area contributed by atoms with Crippen LogP contribution in [-0.2, 0) is 6.54 Å². The van der Waals surface area contributed by atoms with E-state index in [0.717, 1.165) is 11.3 Å². The van der Waals surface area contributed by atoms with Crippen molar-refractivity contribution in [2.75, 3.05) is 7.05 Å². The van der Waals surface area contributed by atoms with Crippen molar-refractivity contribution in [3.63, 3.8) is 0 Å². The van der Waals surface area contributed by atoms with Crippen LogP contribution in [0.3, 0.4) is 0 Å². The molecule has 0 aliphatic heterocycles. The number of carbonyl (C=O) groups is 1. The van der Waals surface area contributed by atoms with Gasteiger partial charge >= 0.3 is 0 Å². The van der Waals surface area contributed by atoms with Crippen LogP contribution in [0.15, 0.2) is 46.9 Å². The SMILES string of the molecule is Cc1ccc(-c2cc(C(=O)N(C)Cc3ccccc3Cl)n[nH]2)o1. The van der Waals surface area contributed by atoms with Crippen molar-refractivity contribution >= 4 is 17.5 Å². The molecular formula is C17H16ClN3O2. The van der Waals surface area contributed by atoms with E-state index in [4.69, 9.17) is 16.0 Å². The number of halogens is 1. The minimum atomic E-state index is -0.185. The standard InChI is InChI=1S/C17H16ClN3O2/c1-11-7-8-16(23-11)14-9-15(20-19-14)17(22)21(2)10-12-5-3-4-6-13(12)18/h3-9H,10H2,1-2H3,(H,19,20). The fourth-order valence-corrected chi connectivity index (χ4v) is 2.48. The maximum absolute atomic E-state index is 12.5. The normalized spacial score (nSPS) is 10.7. The summed E-state index contributed by atoms with van der Waals surface area (Å²) < 4.78 is 5.52. The van der Waals surface area contributed by atoms with Gasteiger partial charge in [0.25, 0.3) is 5.91 Å². The van der Waals surface area contributed by atoms with Crippen LogP contribution in [0.5, 0.6) is 0 Å². The number of carbonyl (C=O) groups excluding carboxylic acids is 1. The number of H-pyrrole nitrogens is 1. The van der Waals surface area contributed by atoms with Gasteiger partial charge in [0.15, 0.2) is 11.5 Å². The second-order valence-electron chi connectivity index (χ2n) is 5.33. The van der Waals surface area contributed by atoms with E-state index in [1.807, 2.05) is 37.3 Å². The van der Waals surface area contributed by atoms with Gasteiger partial charge in [0, 0.05) is 24.7 Å². The number of aromatic nitrogens is 2. The number of furan rings is 1. The lowest BCUT2D eigenvalue weighted by atomic mass is 10.2. The number of nitrogens with zero attached hydrogens (tertiary/aromatic N) is 2. The average molecular weight is 330 g/mol. The molecule has 3 aromatic rings. The van der Waals surface area contributed by atoms with Crippen LogP contribution in [0.1, 0.15) is 21.8 Å². The van der Waals surface area contributed by atoms with E-state index in [1.54, 1.807) is 24.1 Å². The number of nitrogens with one attached hydrogen (secondary N) is 1. The Morgan fingerprint density at radius 1 is 1.30 bits per heavy atom. The van der Waals surface area contributed by atoms with Gasteiger partial charge in [-0.3, -0.25) is 9.89 Å². The van der Waals surface area contributed by atoms with E-state index < -0.39 is 0 Å². The summed E-state index contributed by atoms with van der Waals surface area (Å²) in [7, 11) is 1.72. The molecule has 2 aromatic heterocycles. The molecule has 2 heterocycles. The molecule has 3 rings (SSSR count).